The number of hydrogen-bond acceptors (Lipinski definition) is 6. The number of benzene rings is 1. The summed E-state index contributed by atoms with van der Waals surface area (Å²) in [6.07, 6.45) is 5.26. The van der Waals surface area contributed by atoms with Gasteiger partial charge in [-0.2, -0.15) is 0 Å². The lowest BCUT2D eigenvalue weighted by molar-refractivity contribution is -0.136. The normalized spacial score (nSPS) is 31.1. The zero-order chi connectivity index (χ0) is 21.4. The van der Waals surface area contributed by atoms with E-state index >= 15 is 0 Å². The Kier molecular flexibility index (Phi) is 5.54. The molecule has 8 heteroatoms. The minimum Gasteiger partial charge on any atom is -0.371 e. The van der Waals surface area contributed by atoms with Crippen LogP contribution in [0.1, 0.15) is 60.0 Å². The van der Waals surface area contributed by atoms with Crippen molar-refractivity contribution in [3.05, 3.63) is 34.9 Å². The number of hydrogen-bond donors (Lipinski definition) is 3. The van der Waals surface area contributed by atoms with E-state index in [9.17, 15) is 14.4 Å². The van der Waals surface area contributed by atoms with Crippen molar-refractivity contribution in [3.8, 4) is 0 Å². The smallest absolute Gasteiger partial charge is 0.255 e. The van der Waals surface area contributed by atoms with Gasteiger partial charge in [-0.3, -0.25) is 19.7 Å². The Morgan fingerprint density at radius 3 is 2.90 bits per heavy atom. The van der Waals surface area contributed by atoms with Crippen molar-refractivity contribution in [3.63, 3.8) is 0 Å². The topological polar surface area (TPSA) is 99.8 Å². The molecule has 3 heterocycles. The van der Waals surface area contributed by atoms with Gasteiger partial charge in [0.05, 0.1) is 12.2 Å². The quantitative estimate of drug-likeness (QED) is 0.617. The van der Waals surface area contributed by atoms with Gasteiger partial charge in [-0.25, -0.2) is 0 Å². The molecule has 3 N–H and O–H groups in total. The number of nitrogens with one attached hydrogen (secondary N) is 3. The first-order valence-corrected chi connectivity index (χ1v) is 11.4. The molecule has 3 atom stereocenters. The van der Waals surface area contributed by atoms with Crippen LogP contribution in [0.15, 0.2) is 18.2 Å². The Labute approximate surface area is 182 Å². The van der Waals surface area contributed by atoms with Crippen molar-refractivity contribution in [2.24, 2.45) is 0 Å². The molecule has 4 aliphatic rings. The zero-order valence-electron chi connectivity index (χ0n) is 17.7. The molecular formula is C23H30N4O4. The van der Waals surface area contributed by atoms with Crippen molar-refractivity contribution < 1.29 is 19.1 Å². The van der Waals surface area contributed by atoms with Crippen LogP contribution in [-0.4, -0.2) is 60.0 Å². The summed E-state index contributed by atoms with van der Waals surface area (Å²) in [7, 11) is 0. The molecule has 0 aromatic heterocycles. The Balaban J connectivity index is 1.26. The molecule has 0 radical (unpaired) electrons. The molecule has 1 spiro atoms. The SMILES string of the molecule is O=C1CCC(N2Cc3cc(CN[C@@H]4CCCC[C@@]45CNCCO5)ccc3C2=O)C(=O)N1. The van der Waals surface area contributed by atoms with E-state index in [1.807, 2.05) is 12.1 Å². The Hall–Kier alpha value is -2.29. The van der Waals surface area contributed by atoms with Crippen LogP contribution in [0.5, 0.6) is 0 Å². The van der Waals surface area contributed by atoms with Crippen LogP contribution in [0.25, 0.3) is 0 Å². The number of amides is 3. The number of imide groups is 1. The van der Waals surface area contributed by atoms with Gasteiger partial charge in [0.25, 0.3) is 5.91 Å². The average Bonchev–Trinajstić information content (AvgIpc) is 3.09. The van der Waals surface area contributed by atoms with Gasteiger partial charge in [-0.15, -0.1) is 0 Å². The van der Waals surface area contributed by atoms with Gasteiger partial charge < -0.3 is 20.3 Å². The fourth-order valence-corrected chi connectivity index (χ4v) is 5.54. The number of morpholine rings is 1. The number of nitrogens with zero attached hydrogens (tertiary/aromatic N) is 1. The van der Waals surface area contributed by atoms with Gasteiger partial charge in [0.2, 0.25) is 11.8 Å². The van der Waals surface area contributed by atoms with Crippen LogP contribution in [0, 0.1) is 0 Å². The van der Waals surface area contributed by atoms with E-state index < -0.39 is 6.04 Å². The van der Waals surface area contributed by atoms with Crippen molar-refractivity contribution >= 4 is 17.7 Å². The minimum atomic E-state index is -0.572. The van der Waals surface area contributed by atoms with Gasteiger partial charge >= 0.3 is 0 Å². The first-order valence-electron chi connectivity index (χ1n) is 11.4. The van der Waals surface area contributed by atoms with E-state index in [1.165, 1.54) is 12.8 Å². The molecule has 1 aliphatic carbocycles. The molecular weight excluding hydrogens is 396 g/mol. The van der Waals surface area contributed by atoms with Crippen molar-refractivity contribution in [2.75, 3.05) is 19.7 Å². The molecule has 166 valence electrons. The highest BCUT2D eigenvalue weighted by Crippen LogP contribution is 2.33. The third kappa shape index (κ3) is 3.88. The summed E-state index contributed by atoms with van der Waals surface area (Å²) in [6.45, 7) is 3.70. The fourth-order valence-electron chi connectivity index (χ4n) is 5.54. The predicted molar refractivity (Wildman–Crippen MR) is 113 cm³/mol. The molecule has 1 unspecified atom stereocenters. The van der Waals surface area contributed by atoms with E-state index in [2.05, 4.69) is 22.0 Å². The van der Waals surface area contributed by atoms with Gasteiger partial charge in [0, 0.05) is 44.2 Å². The average molecular weight is 427 g/mol. The summed E-state index contributed by atoms with van der Waals surface area (Å²) < 4.78 is 6.26. The second-order valence-electron chi connectivity index (χ2n) is 9.16. The van der Waals surface area contributed by atoms with Crippen molar-refractivity contribution in [1.29, 1.82) is 0 Å². The second-order valence-corrected chi connectivity index (χ2v) is 9.16. The number of piperidine rings is 1. The number of ether oxygens (including phenoxy) is 1. The lowest BCUT2D eigenvalue weighted by atomic mass is 9.79. The summed E-state index contributed by atoms with van der Waals surface area (Å²) in [5.74, 6) is -0.767. The molecule has 8 nitrogen and oxygen atoms in total. The largest absolute Gasteiger partial charge is 0.371 e. The van der Waals surface area contributed by atoms with Crippen LogP contribution >= 0.6 is 0 Å². The van der Waals surface area contributed by atoms with Gasteiger partial charge in [0.15, 0.2) is 0 Å². The summed E-state index contributed by atoms with van der Waals surface area (Å²) in [4.78, 5) is 38.1. The van der Waals surface area contributed by atoms with E-state index in [0.29, 0.717) is 24.6 Å². The number of carbonyl (C=O) groups excluding carboxylic acids is 3. The Morgan fingerprint density at radius 2 is 2.10 bits per heavy atom. The van der Waals surface area contributed by atoms with Crippen molar-refractivity contribution in [2.45, 2.75) is 69.3 Å². The van der Waals surface area contributed by atoms with E-state index in [-0.39, 0.29) is 29.7 Å². The van der Waals surface area contributed by atoms with E-state index in [4.69, 9.17) is 4.74 Å². The van der Waals surface area contributed by atoms with E-state index in [1.54, 1.807) is 4.90 Å². The number of carbonyl (C=O) groups is 3. The molecule has 5 rings (SSSR count). The Morgan fingerprint density at radius 1 is 1.19 bits per heavy atom. The summed E-state index contributed by atoms with van der Waals surface area (Å²) in [6, 6.07) is 5.67. The fraction of sp³-hybridized carbons (Fsp3) is 0.609. The van der Waals surface area contributed by atoms with Crippen LogP contribution in [-0.2, 0) is 27.4 Å². The number of rotatable bonds is 4. The van der Waals surface area contributed by atoms with Crippen LogP contribution < -0.4 is 16.0 Å². The summed E-state index contributed by atoms with van der Waals surface area (Å²) in [5.41, 5.74) is 2.61. The maximum Gasteiger partial charge on any atom is 0.255 e. The molecule has 3 fully saturated rings. The van der Waals surface area contributed by atoms with Gasteiger partial charge in [-0.1, -0.05) is 25.0 Å². The maximum atomic E-state index is 12.9. The van der Waals surface area contributed by atoms with Crippen LogP contribution in [0.4, 0.5) is 0 Å². The predicted octanol–water partition coefficient (Wildman–Crippen LogP) is 0.838. The third-order valence-electron chi connectivity index (χ3n) is 7.21. The highest BCUT2D eigenvalue weighted by molar-refractivity contribution is 6.05. The van der Waals surface area contributed by atoms with E-state index in [0.717, 1.165) is 50.2 Å². The lowest BCUT2D eigenvalue weighted by Gasteiger charge is -2.47. The highest BCUT2D eigenvalue weighted by Gasteiger charge is 2.43. The summed E-state index contributed by atoms with van der Waals surface area (Å²) in [5, 5.41) is 9.57. The standard InChI is InChI=1S/C23H30N4O4/c28-20-7-6-18(21(29)26-20)27-13-16-11-15(4-5-17(16)22(27)30)12-25-19-3-1-2-8-23(19)14-24-9-10-31-23/h4-5,11,18-19,24-25H,1-3,6-10,12-14H2,(H,26,28,29)/t18?,19-,23-/m1/s1. The monoisotopic (exact) mass is 426 g/mol. The van der Waals surface area contributed by atoms with Crippen molar-refractivity contribution in [1.82, 2.24) is 20.9 Å². The molecule has 1 saturated carbocycles. The molecule has 31 heavy (non-hydrogen) atoms. The molecule has 3 aliphatic heterocycles. The van der Waals surface area contributed by atoms with Gasteiger partial charge in [0.1, 0.15) is 6.04 Å². The third-order valence-corrected chi connectivity index (χ3v) is 7.21. The zero-order valence-corrected chi connectivity index (χ0v) is 17.7. The second kappa shape index (κ2) is 8.33. The maximum absolute atomic E-state index is 12.9. The van der Waals surface area contributed by atoms with Crippen LogP contribution in [0.3, 0.4) is 0 Å². The highest BCUT2D eigenvalue weighted by atomic mass is 16.5. The lowest BCUT2D eigenvalue weighted by Crippen LogP contribution is -2.62. The Bertz CT molecular complexity index is 887. The summed E-state index contributed by atoms with van der Waals surface area (Å²) >= 11 is 0. The first-order chi connectivity index (χ1) is 15.1. The molecule has 1 aromatic rings. The number of fused-ring (bicyclic) bond motifs is 1. The first kappa shape index (κ1) is 20.6. The molecule has 0 bridgehead atoms. The molecule has 1 aromatic carbocycles. The molecule has 3 amide bonds. The molecule has 2 saturated heterocycles. The minimum absolute atomic E-state index is 0.119. The van der Waals surface area contributed by atoms with Gasteiger partial charge in [-0.05, 0) is 36.5 Å². The van der Waals surface area contributed by atoms with Crippen LogP contribution in [0.2, 0.25) is 0 Å².